The van der Waals surface area contributed by atoms with Crippen molar-refractivity contribution in [2.24, 2.45) is 5.92 Å². The number of halogens is 2. The van der Waals surface area contributed by atoms with Crippen molar-refractivity contribution in [3.63, 3.8) is 0 Å². The van der Waals surface area contributed by atoms with Gasteiger partial charge in [-0.05, 0) is 31.6 Å². The number of amides is 1. The Bertz CT molecular complexity index is 340. The van der Waals surface area contributed by atoms with E-state index in [1.54, 1.807) is 0 Å². The molecule has 0 aromatic heterocycles. The van der Waals surface area contributed by atoms with Crippen molar-refractivity contribution in [1.29, 1.82) is 0 Å². The summed E-state index contributed by atoms with van der Waals surface area (Å²) in [5.41, 5.74) is 0. The van der Waals surface area contributed by atoms with E-state index in [0.29, 0.717) is 12.0 Å². The number of aliphatic hydroxyl groups is 1. The highest BCUT2D eigenvalue weighted by atomic mass is 19.3. The van der Waals surface area contributed by atoms with Gasteiger partial charge < -0.3 is 10.0 Å². The Kier molecular flexibility index (Phi) is 6.36. The molecule has 122 valence electrons. The van der Waals surface area contributed by atoms with Crippen LogP contribution in [-0.2, 0) is 4.79 Å². The standard InChI is InChI=1S/C15H26F2N2O2/c16-14(17)10-18(8-9-20)11-15(21)19-7-3-5-12-4-1-2-6-13(12)19/h12-14,20H,1-11H2. The number of aliphatic hydroxyl groups excluding tert-OH is 1. The van der Waals surface area contributed by atoms with Crippen LogP contribution in [0.25, 0.3) is 0 Å². The summed E-state index contributed by atoms with van der Waals surface area (Å²) in [5, 5.41) is 8.95. The number of nitrogens with zero attached hydrogens (tertiary/aromatic N) is 2. The van der Waals surface area contributed by atoms with Crippen LogP contribution in [-0.4, -0.2) is 66.1 Å². The normalized spacial score (nSPS) is 26.2. The van der Waals surface area contributed by atoms with Crippen LogP contribution in [0.3, 0.4) is 0 Å². The first-order valence-electron chi connectivity index (χ1n) is 8.02. The lowest BCUT2D eigenvalue weighted by atomic mass is 9.78. The van der Waals surface area contributed by atoms with Crippen LogP contribution in [0.4, 0.5) is 8.78 Å². The van der Waals surface area contributed by atoms with E-state index in [9.17, 15) is 13.6 Å². The Labute approximate surface area is 125 Å². The third-order valence-electron chi connectivity index (χ3n) is 4.73. The lowest BCUT2D eigenvalue weighted by Crippen LogP contribution is -2.53. The molecule has 0 bridgehead atoms. The van der Waals surface area contributed by atoms with Crippen LogP contribution in [0.1, 0.15) is 38.5 Å². The van der Waals surface area contributed by atoms with Gasteiger partial charge in [0, 0.05) is 19.1 Å². The first-order valence-corrected chi connectivity index (χ1v) is 8.02. The van der Waals surface area contributed by atoms with Crippen molar-refractivity contribution in [3.05, 3.63) is 0 Å². The fourth-order valence-corrected chi connectivity index (χ4v) is 3.79. The molecule has 2 atom stereocenters. The molecule has 1 saturated carbocycles. The molecule has 1 aliphatic heterocycles. The summed E-state index contributed by atoms with van der Waals surface area (Å²) in [6.45, 7) is 0.216. The lowest BCUT2D eigenvalue weighted by Gasteiger charge is -2.44. The number of fused-ring (bicyclic) bond motifs is 1. The van der Waals surface area contributed by atoms with Gasteiger partial charge in [0.05, 0.1) is 19.7 Å². The highest BCUT2D eigenvalue weighted by Crippen LogP contribution is 2.35. The molecule has 1 saturated heterocycles. The monoisotopic (exact) mass is 304 g/mol. The Morgan fingerprint density at radius 3 is 2.67 bits per heavy atom. The van der Waals surface area contributed by atoms with Crippen LogP contribution in [0.5, 0.6) is 0 Å². The molecule has 1 heterocycles. The minimum atomic E-state index is -2.48. The minimum absolute atomic E-state index is 0.00583. The van der Waals surface area contributed by atoms with E-state index in [1.165, 1.54) is 24.2 Å². The Morgan fingerprint density at radius 2 is 1.95 bits per heavy atom. The molecule has 1 amide bonds. The highest BCUT2D eigenvalue weighted by Gasteiger charge is 2.35. The molecule has 4 nitrogen and oxygen atoms in total. The minimum Gasteiger partial charge on any atom is -0.395 e. The van der Waals surface area contributed by atoms with E-state index in [-0.39, 0.29) is 25.6 Å². The summed E-state index contributed by atoms with van der Waals surface area (Å²) in [7, 11) is 0. The SMILES string of the molecule is O=C(CN(CCO)CC(F)F)N1CCCC2CCCCC21. The molecular weight excluding hydrogens is 278 g/mol. The zero-order chi connectivity index (χ0) is 15.2. The smallest absolute Gasteiger partial charge is 0.251 e. The predicted molar refractivity (Wildman–Crippen MR) is 76.2 cm³/mol. The van der Waals surface area contributed by atoms with Gasteiger partial charge in [0.25, 0.3) is 6.43 Å². The molecule has 0 aromatic carbocycles. The average molecular weight is 304 g/mol. The van der Waals surface area contributed by atoms with Crippen LogP contribution in [0.15, 0.2) is 0 Å². The summed E-state index contributed by atoms with van der Waals surface area (Å²) >= 11 is 0. The van der Waals surface area contributed by atoms with E-state index in [4.69, 9.17) is 5.11 Å². The van der Waals surface area contributed by atoms with Gasteiger partial charge in [-0.2, -0.15) is 0 Å². The fourth-order valence-electron chi connectivity index (χ4n) is 3.79. The van der Waals surface area contributed by atoms with Gasteiger partial charge in [-0.15, -0.1) is 0 Å². The van der Waals surface area contributed by atoms with Gasteiger partial charge in [-0.1, -0.05) is 12.8 Å². The van der Waals surface area contributed by atoms with Crippen molar-refractivity contribution in [2.45, 2.75) is 51.0 Å². The number of alkyl halides is 2. The molecule has 0 aromatic rings. The molecule has 21 heavy (non-hydrogen) atoms. The van der Waals surface area contributed by atoms with Crippen molar-refractivity contribution in [3.8, 4) is 0 Å². The molecule has 2 rings (SSSR count). The number of hydrogen-bond donors (Lipinski definition) is 1. The zero-order valence-corrected chi connectivity index (χ0v) is 12.5. The van der Waals surface area contributed by atoms with E-state index < -0.39 is 13.0 Å². The quantitative estimate of drug-likeness (QED) is 0.813. The molecule has 2 fully saturated rings. The third kappa shape index (κ3) is 4.61. The number of rotatable bonds is 6. The summed E-state index contributed by atoms with van der Waals surface area (Å²) in [4.78, 5) is 15.8. The molecule has 0 spiro atoms. The van der Waals surface area contributed by atoms with Gasteiger partial charge in [0.1, 0.15) is 0 Å². The second kappa shape index (κ2) is 8.03. The van der Waals surface area contributed by atoms with Crippen molar-refractivity contribution >= 4 is 5.91 Å². The summed E-state index contributed by atoms with van der Waals surface area (Å²) in [6, 6.07) is 0.308. The van der Waals surface area contributed by atoms with Crippen molar-refractivity contribution < 1.29 is 18.7 Å². The summed E-state index contributed by atoms with van der Waals surface area (Å²) < 4.78 is 25.0. The molecular formula is C15H26F2N2O2. The zero-order valence-electron chi connectivity index (χ0n) is 12.5. The maximum atomic E-state index is 12.5. The second-order valence-electron chi connectivity index (χ2n) is 6.19. The molecule has 2 aliphatic rings. The van der Waals surface area contributed by atoms with Gasteiger partial charge >= 0.3 is 0 Å². The number of piperidine rings is 1. The van der Waals surface area contributed by atoms with E-state index >= 15 is 0 Å². The van der Waals surface area contributed by atoms with Gasteiger partial charge in [-0.3, -0.25) is 9.69 Å². The lowest BCUT2D eigenvalue weighted by molar-refractivity contribution is -0.139. The van der Waals surface area contributed by atoms with Crippen molar-refractivity contribution in [1.82, 2.24) is 9.80 Å². The number of hydrogen-bond acceptors (Lipinski definition) is 3. The van der Waals surface area contributed by atoms with Gasteiger partial charge in [0.15, 0.2) is 0 Å². The maximum absolute atomic E-state index is 12.5. The molecule has 0 radical (unpaired) electrons. The summed E-state index contributed by atoms with van der Waals surface area (Å²) in [5.74, 6) is 0.540. The largest absolute Gasteiger partial charge is 0.395 e. The first kappa shape index (κ1) is 16.6. The van der Waals surface area contributed by atoms with Crippen LogP contribution in [0, 0.1) is 5.92 Å². The predicted octanol–water partition coefficient (Wildman–Crippen LogP) is 1.73. The topological polar surface area (TPSA) is 43.8 Å². The first-order chi connectivity index (χ1) is 10.1. The Hall–Kier alpha value is -0.750. The summed E-state index contributed by atoms with van der Waals surface area (Å²) in [6.07, 6.45) is 4.35. The van der Waals surface area contributed by atoms with Crippen molar-refractivity contribution in [2.75, 3.05) is 32.8 Å². The number of carbonyl (C=O) groups is 1. The molecule has 6 heteroatoms. The Balaban J connectivity index is 1.93. The Morgan fingerprint density at radius 1 is 1.24 bits per heavy atom. The molecule has 2 unspecified atom stereocenters. The van der Waals surface area contributed by atoms with Gasteiger partial charge in [-0.25, -0.2) is 8.78 Å². The fraction of sp³-hybridized carbons (Fsp3) is 0.933. The molecule has 1 aliphatic carbocycles. The highest BCUT2D eigenvalue weighted by molar-refractivity contribution is 5.78. The van der Waals surface area contributed by atoms with E-state index in [0.717, 1.165) is 25.8 Å². The number of likely N-dealkylation sites (tertiary alicyclic amines) is 1. The van der Waals surface area contributed by atoms with Crippen LogP contribution < -0.4 is 0 Å². The second-order valence-corrected chi connectivity index (χ2v) is 6.19. The van der Waals surface area contributed by atoms with Gasteiger partial charge in [0.2, 0.25) is 5.91 Å². The third-order valence-corrected chi connectivity index (χ3v) is 4.73. The number of carbonyl (C=O) groups excluding carboxylic acids is 1. The van der Waals surface area contributed by atoms with Crippen LogP contribution >= 0.6 is 0 Å². The average Bonchev–Trinajstić information content (AvgIpc) is 2.46. The van der Waals surface area contributed by atoms with Crippen LogP contribution in [0.2, 0.25) is 0 Å². The maximum Gasteiger partial charge on any atom is 0.251 e. The van der Waals surface area contributed by atoms with E-state index in [1.807, 2.05) is 4.90 Å². The van der Waals surface area contributed by atoms with E-state index in [2.05, 4.69) is 0 Å². The molecule has 1 N–H and O–H groups in total.